The summed E-state index contributed by atoms with van der Waals surface area (Å²) in [5.41, 5.74) is 2.58. The number of para-hydroxylation sites is 1. The Morgan fingerprint density at radius 2 is 1.80 bits per heavy atom. The van der Waals surface area contributed by atoms with Gasteiger partial charge in [0, 0.05) is 10.4 Å². The molecule has 4 rings (SSSR count). The fourth-order valence-corrected chi connectivity index (χ4v) is 2.41. The van der Waals surface area contributed by atoms with E-state index in [2.05, 4.69) is 15.3 Å². The minimum absolute atomic E-state index is 0.649. The van der Waals surface area contributed by atoms with Gasteiger partial charge in [-0.2, -0.15) is 4.68 Å². The molecule has 0 fully saturated rings. The molecule has 5 heteroatoms. The fraction of sp³-hybridized carbons (Fsp3) is 0. The molecule has 0 aliphatic heterocycles. The largest absolute Gasteiger partial charge is 0.229 e. The Labute approximate surface area is 119 Å². The average Bonchev–Trinajstić information content (AvgIpc) is 2.89. The predicted octanol–water partition coefficient (Wildman–Crippen LogP) is 3.62. The summed E-state index contributed by atoms with van der Waals surface area (Å²) in [4.78, 5) is 4.62. The van der Waals surface area contributed by atoms with Crippen LogP contribution in [-0.2, 0) is 0 Å². The lowest BCUT2D eigenvalue weighted by atomic mass is 10.2. The number of pyridine rings is 1. The molecule has 0 unspecified atom stereocenters. The van der Waals surface area contributed by atoms with E-state index in [9.17, 15) is 0 Å². The van der Waals surface area contributed by atoms with E-state index in [1.807, 2.05) is 48.5 Å². The summed E-state index contributed by atoms with van der Waals surface area (Å²) in [5, 5.41) is 10.0. The normalized spacial score (nSPS) is 11.2. The molecule has 2 heterocycles. The van der Waals surface area contributed by atoms with Crippen LogP contribution in [0.1, 0.15) is 0 Å². The van der Waals surface area contributed by atoms with Crippen molar-refractivity contribution in [3.05, 3.63) is 59.6 Å². The summed E-state index contributed by atoms with van der Waals surface area (Å²) < 4.78 is 1.72. The van der Waals surface area contributed by atoms with Crippen molar-refractivity contribution in [1.82, 2.24) is 20.0 Å². The Morgan fingerprint density at radius 3 is 2.75 bits per heavy atom. The Morgan fingerprint density at radius 1 is 0.900 bits per heavy atom. The lowest BCUT2D eigenvalue weighted by molar-refractivity contribution is 0.805. The molecule has 0 N–H and O–H groups in total. The zero-order valence-corrected chi connectivity index (χ0v) is 11.1. The summed E-state index contributed by atoms with van der Waals surface area (Å²) in [7, 11) is 0. The quantitative estimate of drug-likeness (QED) is 0.535. The summed E-state index contributed by atoms with van der Waals surface area (Å²) >= 11 is 5.96. The van der Waals surface area contributed by atoms with Gasteiger partial charge in [-0.05, 0) is 36.4 Å². The minimum atomic E-state index is 0.649. The molecule has 0 aliphatic carbocycles. The highest BCUT2D eigenvalue weighted by atomic mass is 35.5. The van der Waals surface area contributed by atoms with Crippen molar-refractivity contribution in [3.8, 4) is 5.82 Å². The molecular weight excluding hydrogens is 272 g/mol. The Kier molecular flexibility index (Phi) is 2.44. The van der Waals surface area contributed by atoms with E-state index in [1.165, 1.54) is 0 Å². The average molecular weight is 281 g/mol. The summed E-state index contributed by atoms with van der Waals surface area (Å²) in [6.45, 7) is 0. The first-order valence-electron chi connectivity index (χ1n) is 6.18. The van der Waals surface area contributed by atoms with Gasteiger partial charge >= 0.3 is 0 Å². The van der Waals surface area contributed by atoms with Crippen molar-refractivity contribution in [2.75, 3.05) is 0 Å². The van der Waals surface area contributed by atoms with Gasteiger partial charge in [0.1, 0.15) is 5.52 Å². The lowest BCUT2D eigenvalue weighted by Crippen LogP contribution is -1.99. The molecule has 2 aromatic heterocycles. The van der Waals surface area contributed by atoms with Crippen LogP contribution in [0.5, 0.6) is 0 Å². The molecule has 2 aromatic carbocycles. The highest BCUT2D eigenvalue weighted by molar-refractivity contribution is 6.31. The summed E-state index contributed by atoms with van der Waals surface area (Å²) in [6, 6.07) is 17.5. The van der Waals surface area contributed by atoms with E-state index in [0.717, 1.165) is 27.8 Å². The third-order valence-corrected chi connectivity index (χ3v) is 3.44. The topological polar surface area (TPSA) is 43.6 Å². The first-order valence-corrected chi connectivity index (χ1v) is 6.56. The van der Waals surface area contributed by atoms with E-state index in [-0.39, 0.29) is 0 Å². The maximum absolute atomic E-state index is 5.96. The highest BCUT2D eigenvalue weighted by Crippen LogP contribution is 2.20. The van der Waals surface area contributed by atoms with Crippen LogP contribution < -0.4 is 0 Å². The highest BCUT2D eigenvalue weighted by Gasteiger charge is 2.08. The van der Waals surface area contributed by atoms with Crippen molar-refractivity contribution >= 4 is 33.5 Å². The van der Waals surface area contributed by atoms with Crippen molar-refractivity contribution < 1.29 is 0 Å². The van der Waals surface area contributed by atoms with Crippen molar-refractivity contribution in [3.63, 3.8) is 0 Å². The van der Waals surface area contributed by atoms with Crippen LogP contribution in [0.3, 0.4) is 0 Å². The first-order chi connectivity index (χ1) is 9.81. The fourth-order valence-electron chi connectivity index (χ4n) is 2.24. The molecule has 4 aromatic rings. The molecule has 0 aliphatic rings. The van der Waals surface area contributed by atoms with Crippen molar-refractivity contribution in [2.24, 2.45) is 0 Å². The van der Waals surface area contributed by atoms with Crippen LogP contribution in [0.25, 0.3) is 27.8 Å². The van der Waals surface area contributed by atoms with Crippen molar-refractivity contribution in [1.29, 1.82) is 0 Å². The van der Waals surface area contributed by atoms with Crippen LogP contribution in [0.4, 0.5) is 0 Å². The molecule has 0 radical (unpaired) electrons. The van der Waals surface area contributed by atoms with Crippen LogP contribution in [-0.4, -0.2) is 20.0 Å². The second-order valence-corrected chi connectivity index (χ2v) is 4.93. The number of hydrogen-bond donors (Lipinski definition) is 0. The molecule has 0 saturated carbocycles. The van der Waals surface area contributed by atoms with Crippen LogP contribution >= 0.6 is 11.6 Å². The number of hydrogen-bond acceptors (Lipinski definition) is 3. The molecule has 0 atom stereocenters. The van der Waals surface area contributed by atoms with Gasteiger partial charge in [-0.3, -0.25) is 0 Å². The molecule has 0 bridgehead atoms. The molecule has 0 spiro atoms. The maximum atomic E-state index is 5.96. The minimum Gasteiger partial charge on any atom is -0.229 e. The monoisotopic (exact) mass is 280 g/mol. The van der Waals surface area contributed by atoms with Gasteiger partial charge in [0.25, 0.3) is 0 Å². The predicted molar refractivity (Wildman–Crippen MR) is 79.2 cm³/mol. The van der Waals surface area contributed by atoms with Gasteiger partial charge < -0.3 is 0 Å². The third-order valence-electron chi connectivity index (χ3n) is 3.21. The van der Waals surface area contributed by atoms with Gasteiger partial charge in [-0.1, -0.05) is 35.0 Å². The smallest absolute Gasteiger partial charge is 0.156 e. The van der Waals surface area contributed by atoms with E-state index < -0.39 is 0 Å². The lowest BCUT2D eigenvalue weighted by Gasteiger charge is -2.03. The second kappa shape index (κ2) is 4.28. The standard InChI is InChI=1S/C15H9ClN4/c16-11-6-7-14-13(9-11)18-19-20(14)15-8-5-10-3-1-2-4-12(10)17-15/h1-9H. The maximum Gasteiger partial charge on any atom is 0.156 e. The summed E-state index contributed by atoms with van der Waals surface area (Å²) in [5.74, 6) is 0.744. The molecule has 0 amide bonds. The number of benzene rings is 2. The van der Waals surface area contributed by atoms with Crippen molar-refractivity contribution in [2.45, 2.75) is 0 Å². The third kappa shape index (κ3) is 1.73. The van der Waals surface area contributed by atoms with Crippen LogP contribution in [0.15, 0.2) is 54.6 Å². The van der Waals surface area contributed by atoms with E-state index >= 15 is 0 Å². The molecule has 96 valence electrons. The van der Waals surface area contributed by atoms with Gasteiger partial charge in [0.15, 0.2) is 5.82 Å². The van der Waals surface area contributed by atoms with E-state index in [1.54, 1.807) is 10.7 Å². The number of rotatable bonds is 1. The van der Waals surface area contributed by atoms with Gasteiger partial charge in [0.05, 0.1) is 11.0 Å². The zero-order chi connectivity index (χ0) is 13.5. The van der Waals surface area contributed by atoms with E-state index in [0.29, 0.717) is 5.02 Å². The Bertz CT molecular complexity index is 929. The summed E-state index contributed by atoms with van der Waals surface area (Å²) in [6.07, 6.45) is 0. The first kappa shape index (κ1) is 11.4. The second-order valence-electron chi connectivity index (χ2n) is 4.50. The van der Waals surface area contributed by atoms with Gasteiger partial charge in [-0.15, -0.1) is 5.10 Å². The number of halogens is 1. The number of nitrogens with zero attached hydrogens (tertiary/aromatic N) is 4. The van der Waals surface area contributed by atoms with E-state index in [4.69, 9.17) is 11.6 Å². The SMILES string of the molecule is Clc1ccc2c(c1)nnn2-c1ccc2ccccc2n1. The van der Waals surface area contributed by atoms with Gasteiger partial charge in [0.2, 0.25) is 0 Å². The molecule has 4 nitrogen and oxygen atoms in total. The number of fused-ring (bicyclic) bond motifs is 2. The molecular formula is C15H9ClN4. The Hall–Kier alpha value is -2.46. The van der Waals surface area contributed by atoms with Crippen LogP contribution in [0.2, 0.25) is 5.02 Å². The van der Waals surface area contributed by atoms with Gasteiger partial charge in [-0.25, -0.2) is 4.98 Å². The van der Waals surface area contributed by atoms with Crippen LogP contribution in [0, 0.1) is 0 Å². The molecule has 20 heavy (non-hydrogen) atoms. The Balaban J connectivity index is 1.96. The zero-order valence-electron chi connectivity index (χ0n) is 10.4. The number of aromatic nitrogens is 4. The molecule has 0 saturated heterocycles.